The van der Waals surface area contributed by atoms with Gasteiger partial charge in [0.1, 0.15) is 0 Å². The molecule has 0 N–H and O–H groups in total. The summed E-state index contributed by atoms with van der Waals surface area (Å²) in [5.41, 5.74) is 19.2. The van der Waals surface area contributed by atoms with E-state index < -0.39 is 20.8 Å². The summed E-state index contributed by atoms with van der Waals surface area (Å²) < 4.78 is 0. The first-order chi connectivity index (χ1) is 35.1. The van der Waals surface area contributed by atoms with E-state index in [9.17, 15) is 0 Å². The van der Waals surface area contributed by atoms with Gasteiger partial charge in [0.2, 0.25) is 0 Å². The second-order valence-corrected chi connectivity index (χ2v) is 24.6. The summed E-state index contributed by atoms with van der Waals surface area (Å²) in [6.07, 6.45) is 2.33. The molecule has 0 aliphatic carbocycles. The van der Waals surface area contributed by atoms with Crippen molar-refractivity contribution >= 4 is 58.5 Å². The van der Waals surface area contributed by atoms with Crippen molar-refractivity contribution in [3.63, 3.8) is 0 Å². The quantitative estimate of drug-likeness (QED) is 0.0946. The summed E-state index contributed by atoms with van der Waals surface area (Å²) in [6, 6.07) is 76.5. The first-order valence-corrected chi connectivity index (χ1v) is 33.0. The zero-order valence-corrected chi connectivity index (χ0v) is 48.0. The SMILES string of the molecule is CCC(C)c1cc2c(-c3ccccc3C(C)C)c(-c3ccccc3)ccc2[cH-]1.CCC(C)c1cc2c(-c3ccccc3C(C)C)c(-c3ccccc3)ccc2[cH-]1.[Cl][Zr][Cl].[c-]1cccc2c1[Si]c1ccccc1-2. The van der Waals surface area contributed by atoms with E-state index in [1.54, 1.807) is 0 Å². The second-order valence-electron chi connectivity index (χ2n) is 19.6. The molecule has 1 heterocycles. The van der Waals surface area contributed by atoms with E-state index in [1.165, 1.54) is 123 Å². The first-order valence-electron chi connectivity index (χ1n) is 25.7. The first kappa shape index (κ1) is 53.0. The Bertz CT molecular complexity index is 3120. The molecule has 1 aliphatic heterocycles. The molecule has 11 rings (SSSR count). The molecular weight excluding hydrogens is 1010 g/mol. The van der Waals surface area contributed by atoms with Crippen molar-refractivity contribution in [3.8, 4) is 55.6 Å². The average molecular weight is 1070 g/mol. The largest absolute Gasteiger partial charge is 0.184 e. The number of rotatable bonds is 10. The normalized spacial score (nSPS) is 12.2. The summed E-state index contributed by atoms with van der Waals surface area (Å²) in [4.78, 5) is 0. The zero-order valence-electron chi connectivity index (χ0n) is 43.0. The van der Waals surface area contributed by atoms with E-state index in [-0.39, 0.29) is 0 Å². The van der Waals surface area contributed by atoms with Gasteiger partial charge in [-0.3, -0.25) is 0 Å². The van der Waals surface area contributed by atoms with Crippen molar-refractivity contribution in [2.45, 2.75) is 91.9 Å². The molecule has 1 aliphatic rings. The Kier molecular flexibility index (Phi) is 18.4. The third-order valence-electron chi connectivity index (χ3n) is 14.4. The van der Waals surface area contributed by atoms with Crippen molar-refractivity contribution in [3.05, 3.63) is 229 Å². The van der Waals surface area contributed by atoms with Crippen LogP contribution in [0.4, 0.5) is 0 Å². The van der Waals surface area contributed by atoms with Gasteiger partial charge in [-0.1, -0.05) is 236 Å². The van der Waals surface area contributed by atoms with Crippen molar-refractivity contribution < 1.29 is 20.8 Å². The van der Waals surface area contributed by atoms with Crippen LogP contribution in [0.5, 0.6) is 0 Å². The molecule has 10 aromatic rings. The molecule has 0 spiro atoms. The summed E-state index contributed by atoms with van der Waals surface area (Å²) in [5, 5.41) is 8.28. The Morgan fingerprint density at radius 1 is 0.458 bits per heavy atom. The molecule has 0 saturated carbocycles. The van der Waals surface area contributed by atoms with Gasteiger partial charge in [-0.25, -0.2) is 0 Å². The van der Waals surface area contributed by atoms with E-state index >= 15 is 0 Å². The van der Waals surface area contributed by atoms with Gasteiger partial charge < -0.3 is 0 Å². The van der Waals surface area contributed by atoms with Crippen LogP contribution >= 0.6 is 17.0 Å². The molecule has 2 radical (unpaired) electrons. The number of benzene rings is 8. The van der Waals surface area contributed by atoms with Gasteiger partial charge in [0.15, 0.2) is 0 Å². The Morgan fingerprint density at radius 2 is 0.861 bits per heavy atom. The molecule has 10 aromatic carbocycles. The van der Waals surface area contributed by atoms with Crippen LogP contribution in [-0.2, 0) is 20.8 Å². The van der Waals surface area contributed by atoms with Crippen molar-refractivity contribution in [1.29, 1.82) is 0 Å². The molecule has 2 atom stereocenters. The van der Waals surface area contributed by atoms with Gasteiger partial charge in [-0.15, -0.1) is 62.5 Å². The van der Waals surface area contributed by atoms with Gasteiger partial charge in [-0.05, 0) is 68.2 Å². The van der Waals surface area contributed by atoms with Crippen LogP contribution in [0.15, 0.2) is 200 Å². The smallest absolute Gasteiger partial charge is 0.0920 e. The average Bonchev–Trinajstić information content (AvgIpc) is 4.17. The standard InChI is InChI=1S/2C28H29.C12H7Si.2ClH.Zr/c2*1-5-20(4)23-17-22-15-16-25(21-11-7-6-8-12-21)28(27(22)18-23)26-14-10-9-13-24(26)19(2)3;1-3-7-11-9(5-1)10-6-2-4-8-12(10)13-11;;;/h2*6-20H,5H2,1-4H3;1-7H;2*1H;/q3*-1;;;+2/p-2. The van der Waals surface area contributed by atoms with Crippen LogP contribution in [-0.4, -0.2) is 9.52 Å². The van der Waals surface area contributed by atoms with Gasteiger partial charge in [0.25, 0.3) is 0 Å². The maximum atomic E-state index is 4.93. The monoisotopic (exact) mass is 1070 g/mol. The fraction of sp³-hybridized carbons (Fsp3) is 0.206. The van der Waals surface area contributed by atoms with Gasteiger partial charge >= 0.3 is 37.9 Å². The molecule has 72 heavy (non-hydrogen) atoms. The third kappa shape index (κ3) is 11.9. The third-order valence-corrected chi connectivity index (χ3v) is 15.8. The molecule has 0 saturated heterocycles. The Hall–Kier alpha value is -5.34. The molecule has 0 fully saturated rings. The van der Waals surface area contributed by atoms with Crippen LogP contribution in [0.1, 0.15) is 114 Å². The predicted molar refractivity (Wildman–Crippen MR) is 314 cm³/mol. The van der Waals surface area contributed by atoms with E-state index in [1.807, 2.05) is 6.07 Å². The molecule has 362 valence electrons. The molecule has 0 nitrogen and oxygen atoms in total. The number of fused-ring (bicyclic) bond motifs is 5. The van der Waals surface area contributed by atoms with Crippen LogP contribution in [0.2, 0.25) is 0 Å². The fourth-order valence-corrected chi connectivity index (χ4v) is 11.4. The maximum absolute atomic E-state index is 4.93. The molecular formula is C68H65Cl2SiZr-3. The van der Waals surface area contributed by atoms with E-state index in [0.29, 0.717) is 23.7 Å². The van der Waals surface area contributed by atoms with Crippen molar-refractivity contribution in [2.24, 2.45) is 0 Å². The fourth-order valence-electron chi connectivity index (χ4n) is 10.1. The van der Waals surface area contributed by atoms with Crippen molar-refractivity contribution in [2.75, 3.05) is 0 Å². The minimum Gasteiger partial charge on any atom is -0.184 e. The van der Waals surface area contributed by atoms with Gasteiger partial charge in [0.05, 0.1) is 9.52 Å². The molecule has 4 heteroatoms. The summed E-state index contributed by atoms with van der Waals surface area (Å²) in [7, 11) is 10.7. The zero-order chi connectivity index (χ0) is 50.7. The topological polar surface area (TPSA) is 0 Å². The number of halogens is 2. The van der Waals surface area contributed by atoms with E-state index in [4.69, 9.17) is 17.0 Å². The molecule has 0 aromatic heterocycles. The van der Waals surface area contributed by atoms with Gasteiger partial charge in [0, 0.05) is 0 Å². The predicted octanol–water partition coefficient (Wildman–Crippen LogP) is 19.6. The summed E-state index contributed by atoms with van der Waals surface area (Å²) >= 11 is -0.826. The molecule has 0 amide bonds. The Labute approximate surface area is 451 Å². The minimum absolute atomic E-state index is 0.485. The second kappa shape index (κ2) is 25.1. The number of hydrogen-bond donors (Lipinski definition) is 0. The van der Waals surface area contributed by atoms with Crippen LogP contribution in [0, 0.1) is 6.07 Å². The van der Waals surface area contributed by atoms with Crippen LogP contribution in [0.25, 0.3) is 77.2 Å². The van der Waals surface area contributed by atoms with Crippen LogP contribution < -0.4 is 10.4 Å². The maximum Gasteiger partial charge on any atom is 0.0920 e. The van der Waals surface area contributed by atoms with Crippen LogP contribution in [0.3, 0.4) is 0 Å². The van der Waals surface area contributed by atoms with Crippen molar-refractivity contribution in [1.82, 2.24) is 0 Å². The Morgan fingerprint density at radius 3 is 1.31 bits per heavy atom. The van der Waals surface area contributed by atoms with Gasteiger partial charge in [-0.2, -0.15) is 41.6 Å². The van der Waals surface area contributed by atoms with E-state index in [2.05, 4.69) is 256 Å². The van der Waals surface area contributed by atoms with E-state index in [0.717, 1.165) is 9.52 Å². The number of hydrogen-bond acceptors (Lipinski definition) is 0. The Balaban J connectivity index is 0.000000149. The summed E-state index contributed by atoms with van der Waals surface area (Å²) in [6.45, 7) is 18.3. The minimum atomic E-state index is -0.826. The molecule has 2 unspecified atom stereocenters. The molecule has 0 bridgehead atoms. The summed E-state index contributed by atoms with van der Waals surface area (Å²) in [5.74, 6) is 2.14.